The summed E-state index contributed by atoms with van der Waals surface area (Å²) in [5, 5.41) is 96.7. The highest BCUT2D eigenvalue weighted by molar-refractivity contribution is 5.76. The summed E-state index contributed by atoms with van der Waals surface area (Å²) in [5.41, 5.74) is 14.2. The topological polar surface area (TPSA) is 337 Å². The largest absolute Gasteiger partial charge is 0.394 e. The van der Waals surface area contributed by atoms with Gasteiger partial charge in [-0.25, -0.2) is 4.99 Å². The number of nitrogens with zero attached hydrogens (tertiary/aromatic N) is 1. The van der Waals surface area contributed by atoms with Gasteiger partial charge in [0, 0.05) is 0 Å². The van der Waals surface area contributed by atoms with Gasteiger partial charge in [-0.1, -0.05) is 0 Å². The first-order chi connectivity index (χ1) is 18.7. The lowest BCUT2D eigenvalue weighted by atomic mass is 9.81. The third kappa shape index (κ3) is 6.11. The quantitative estimate of drug-likeness (QED) is 0.0884. The number of likely N-dealkylation sites (N-methyl/N-ethyl adjacent to an activating group) is 1. The molecule has 15 atom stereocenters. The van der Waals surface area contributed by atoms with Gasteiger partial charge in [-0.15, -0.1) is 0 Å². The Labute approximate surface area is 229 Å². The number of nitrogens with one attached hydrogen (secondary N) is 3. The first-order valence-electron chi connectivity index (χ1n) is 12.5. The molecule has 3 fully saturated rings. The zero-order chi connectivity index (χ0) is 30.1. The van der Waals surface area contributed by atoms with E-state index in [1.165, 1.54) is 14.0 Å². The van der Waals surface area contributed by atoms with Gasteiger partial charge in [0.25, 0.3) is 0 Å². The summed E-state index contributed by atoms with van der Waals surface area (Å²) < 4.78 is 23.2. The normalized spacial score (nSPS) is 47.5. The van der Waals surface area contributed by atoms with Gasteiger partial charge in [0.05, 0.1) is 31.4 Å². The fourth-order valence-electron chi connectivity index (χ4n) is 5.22. The second-order valence-corrected chi connectivity index (χ2v) is 10.1. The van der Waals surface area contributed by atoms with E-state index < -0.39 is 116 Å². The number of aliphatic hydroxyl groups excluding tert-OH is 7. The number of guanidine groups is 2. The van der Waals surface area contributed by atoms with Crippen LogP contribution in [0.25, 0.3) is 0 Å². The van der Waals surface area contributed by atoms with Gasteiger partial charge in [0.2, 0.25) is 0 Å². The molecule has 0 aromatic heterocycles. The molecule has 1 aliphatic carbocycles. The van der Waals surface area contributed by atoms with Crippen molar-refractivity contribution in [1.29, 1.82) is 5.41 Å². The molecule has 0 aromatic carbocycles. The van der Waals surface area contributed by atoms with Crippen LogP contribution in [-0.4, -0.2) is 164 Å². The van der Waals surface area contributed by atoms with Crippen LogP contribution in [0.5, 0.6) is 0 Å². The van der Waals surface area contributed by atoms with Crippen LogP contribution < -0.4 is 27.8 Å². The minimum atomic E-state index is -2.15. The van der Waals surface area contributed by atoms with Crippen molar-refractivity contribution in [1.82, 2.24) is 10.6 Å². The number of aliphatic hydroxyl groups is 8. The molecule has 0 radical (unpaired) electrons. The molecule has 3 aliphatic rings. The van der Waals surface area contributed by atoms with Crippen molar-refractivity contribution in [2.45, 2.75) is 98.2 Å². The maximum Gasteiger partial charge on any atom is 0.187 e. The number of nitrogens with two attached hydrogens (primary N) is 3. The molecule has 2 aliphatic heterocycles. The summed E-state index contributed by atoms with van der Waals surface area (Å²) in [4.78, 5) is 3.91. The van der Waals surface area contributed by atoms with E-state index in [1.807, 2.05) is 0 Å². The van der Waals surface area contributed by atoms with Crippen LogP contribution in [0, 0.1) is 5.41 Å². The minimum absolute atomic E-state index is 0.516. The molecule has 2 heterocycles. The highest BCUT2D eigenvalue weighted by Crippen LogP contribution is 2.39. The fourth-order valence-corrected chi connectivity index (χ4v) is 5.22. The van der Waals surface area contributed by atoms with E-state index in [2.05, 4.69) is 15.6 Å². The van der Waals surface area contributed by atoms with Crippen molar-refractivity contribution in [3.8, 4) is 0 Å². The molecular formula is C21H41N7O12. The molecule has 0 amide bonds. The summed E-state index contributed by atoms with van der Waals surface area (Å²) in [6.45, 7) is -0.204. The lowest BCUT2D eigenvalue weighted by molar-refractivity contribution is -0.317. The molecule has 0 bridgehead atoms. The Kier molecular flexibility index (Phi) is 10.5. The van der Waals surface area contributed by atoms with Gasteiger partial charge in [-0.05, 0) is 14.0 Å². The Morgan fingerprint density at radius 3 is 2.08 bits per heavy atom. The fraction of sp³-hybridized carbons (Fsp3) is 0.905. The monoisotopic (exact) mass is 583 g/mol. The minimum Gasteiger partial charge on any atom is -0.394 e. The Balaban J connectivity index is 1.95. The molecule has 19 heteroatoms. The highest BCUT2D eigenvalue weighted by Gasteiger charge is 2.60. The Hall–Kier alpha value is -1.98. The van der Waals surface area contributed by atoms with E-state index in [0.717, 1.165) is 0 Å². The van der Waals surface area contributed by atoms with Crippen molar-refractivity contribution in [3.05, 3.63) is 0 Å². The molecule has 17 N–H and O–H groups in total. The van der Waals surface area contributed by atoms with Crippen molar-refractivity contribution in [2.75, 3.05) is 20.3 Å². The van der Waals surface area contributed by atoms with E-state index >= 15 is 0 Å². The lowest BCUT2D eigenvalue weighted by Crippen LogP contribution is -2.70. The summed E-state index contributed by atoms with van der Waals surface area (Å²) >= 11 is 0. The zero-order valence-electron chi connectivity index (χ0n) is 21.9. The Bertz CT molecular complexity index is 902. The third-order valence-corrected chi connectivity index (χ3v) is 7.55. The van der Waals surface area contributed by atoms with Crippen LogP contribution in [0.15, 0.2) is 4.99 Å². The van der Waals surface area contributed by atoms with Gasteiger partial charge in [0.15, 0.2) is 24.5 Å². The van der Waals surface area contributed by atoms with Crippen LogP contribution in [0.2, 0.25) is 0 Å². The number of hydrogen-bond donors (Lipinski definition) is 14. The summed E-state index contributed by atoms with van der Waals surface area (Å²) in [7, 11) is 1.44. The number of hydrogen-bond acceptors (Lipinski definition) is 15. The van der Waals surface area contributed by atoms with Crippen LogP contribution in [0.1, 0.15) is 6.92 Å². The van der Waals surface area contributed by atoms with E-state index in [1.54, 1.807) is 0 Å². The second kappa shape index (κ2) is 12.9. The van der Waals surface area contributed by atoms with Gasteiger partial charge < -0.3 is 87.6 Å². The van der Waals surface area contributed by atoms with Crippen LogP contribution in [0.3, 0.4) is 0 Å². The van der Waals surface area contributed by atoms with Crippen LogP contribution in [-0.2, 0) is 18.9 Å². The number of ether oxygens (including phenoxy) is 4. The summed E-state index contributed by atoms with van der Waals surface area (Å²) in [6, 6.07) is -3.94. The molecule has 12 unspecified atom stereocenters. The van der Waals surface area contributed by atoms with Crippen LogP contribution >= 0.6 is 0 Å². The standard InChI is InChI=1S/C21H41N7O12/c1-5-21(36,4-30)16(40-17-9(26-2)13(34)10(31)6(3-29)38-17)18(37-5)39-15-8(28-20(24)25)11(32)7(27-19(22)23)12(33)14(15)35/h5-18,26,29-36H,3-4H2,1-2H3,(H4,22,23,27)(H4,24,25,28)/t5?,6?,7-,8?,9?,10?,11?,12?,13?,14?,15-,16?,17?,18?,21-/m0/s1. The van der Waals surface area contributed by atoms with E-state index in [9.17, 15) is 40.9 Å². The Morgan fingerprint density at radius 1 is 0.925 bits per heavy atom. The first kappa shape index (κ1) is 32.5. The Morgan fingerprint density at radius 2 is 1.55 bits per heavy atom. The summed E-state index contributed by atoms with van der Waals surface area (Å²) in [5.74, 6) is -1.13. The molecular weight excluding hydrogens is 542 g/mol. The van der Waals surface area contributed by atoms with Crippen molar-refractivity contribution in [2.24, 2.45) is 22.2 Å². The molecule has 2 saturated heterocycles. The lowest BCUT2D eigenvalue weighted by Gasteiger charge is -2.46. The predicted molar refractivity (Wildman–Crippen MR) is 133 cm³/mol. The molecule has 1 saturated carbocycles. The second-order valence-electron chi connectivity index (χ2n) is 10.1. The number of rotatable bonds is 9. The van der Waals surface area contributed by atoms with E-state index in [-0.39, 0.29) is 0 Å². The number of aliphatic imine (C=N–C) groups is 1. The van der Waals surface area contributed by atoms with Crippen molar-refractivity contribution < 1.29 is 59.8 Å². The maximum atomic E-state index is 11.3. The molecule has 19 nitrogen and oxygen atoms in total. The van der Waals surface area contributed by atoms with Crippen molar-refractivity contribution in [3.63, 3.8) is 0 Å². The predicted octanol–water partition coefficient (Wildman–Crippen LogP) is -8.16. The highest BCUT2D eigenvalue weighted by atomic mass is 16.8. The SMILES string of the molecule is CNC1C(OC2C(O[C@@H]3C(O)C(O)[C@@H](NC(=N)N)C(O)C3N=C(N)N)OC(C)[C@@]2(O)CO)OC(CO)C(O)C1O. The van der Waals surface area contributed by atoms with Gasteiger partial charge in [-0.3, -0.25) is 5.41 Å². The molecule has 40 heavy (non-hydrogen) atoms. The van der Waals surface area contributed by atoms with Crippen molar-refractivity contribution >= 4 is 11.9 Å². The molecule has 0 spiro atoms. The average Bonchev–Trinajstić information content (AvgIpc) is 3.13. The van der Waals surface area contributed by atoms with E-state index in [4.69, 9.17) is 41.6 Å². The third-order valence-electron chi connectivity index (χ3n) is 7.55. The smallest absolute Gasteiger partial charge is 0.187 e. The van der Waals surface area contributed by atoms with Gasteiger partial charge in [-0.2, -0.15) is 0 Å². The molecule has 232 valence electrons. The zero-order valence-corrected chi connectivity index (χ0v) is 21.9. The molecule has 0 aromatic rings. The van der Waals surface area contributed by atoms with Crippen LogP contribution in [0.4, 0.5) is 0 Å². The van der Waals surface area contributed by atoms with E-state index in [0.29, 0.717) is 0 Å². The average molecular weight is 584 g/mol. The van der Waals surface area contributed by atoms with Gasteiger partial charge >= 0.3 is 0 Å². The van der Waals surface area contributed by atoms with Gasteiger partial charge in [0.1, 0.15) is 60.5 Å². The summed E-state index contributed by atoms with van der Waals surface area (Å²) in [6.07, 6.45) is -16.9. The first-order valence-corrected chi connectivity index (χ1v) is 12.5. The maximum absolute atomic E-state index is 11.3. The molecule has 3 rings (SSSR count).